The van der Waals surface area contributed by atoms with Crippen LogP contribution in [-0.2, 0) is 10.3 Å². The number of urea groups is 1. The number of carbonyl (C=O) groups is 3. The van der Waals surface area contributed by atoms with Crippen LogP contribution in [0.25, 0.3) is 10.6 Å². The van der Waals surface area contributed by atoms with E-state index in [2.05, 4.69) is 20.9 Å². The van der Waals surface area contributed by atoms with Crippen molar-refractivity contribution < 1.29 is 14.4 Å². The molecule has 30 heavy (non-hydrogen) atoms. The van der Waals surface area contributed by atoms with Gasteiger partial charge < -0.3 is 10.6 Å². The number of rotatable bonds is 4. The highest BCUT2D eigenvalue weighted by Gasteiger charge is 2.43. The Morgan fingerprint density at radius 1 is 1.17 bits per heavy atom. The van der Waals surface area contributed by atoms with Crippen LogP contribution < -0.4 is 16.0 Å². The fraction of sp³-hybridized carbons (Fsp3) is 0.143. The molecule has 4 amide bonds. The van der Waals surface area contributed by atoms with Gasteiger partial charge in [0.15, 0.2) is 0 Å². The summed E-state index contributed by atoms with van der Waals surface area (Å²) in [6.45, 7) is 3.39. The first-order valence-electron chi connectivity index (χ1n) is 9.05. The van der Waals surface area contributed by atoms with Gasteiger partial charge >= 0.3 is 6.03 Å². The predicted molar refractivity (Wildman–Crippen MR) is 116 cm³/mol. The van der Waals surface area contributed by atoms with Crippen molar-refractivity contribution in [2.45, 2.75) is 19.4 Å². The second-order valence-corrected chi connectivity index (χ2v) is 8.44. The molecule has 1 aliphatic heterocycles. The molecule has 7 nitrogen and oxygen atoms in total. The molecular formula is C21H17ClN4O3S. The lowest BCUT2D eigenvalue weighted by molar-refractivity contribution is -0.123. The van der Waals surface area contributed by atoms with Gasteiger partial charge in [0.2, 0.25) is 0 Å². The number of halogens is 1. The summed E-state index contributed by atoms with van der Waals surface area (Å²) in [5.41, 5.74) is 1.37. The number of thiazole rings is 1. The van der Waals surface area contributed by atoms with Crippen LogP contribution in [0, 0.1) is 6.92 Å². The molecule has 2 aromatic carbocycles. The molecule has 3 aromatic rings. The van der Waals surface area contributed by atoms with Crippen LogP contribution >= 0.6 is 22.9 Å². The molecule has 0 aliphatic carbocycles. The first-order chi connectivity index (χ1) is 14.3. The van der Waals surface area contributed by atoms with E-state index in [0.717, 1.165) is 10.6 Å². The van der Waals surface area contributed by atoms with Crippen LogP contribution in [0.5, 0.6) is 0 Å². The Morgan fingerprint density at radius 2 is 1.90 bits per heavy atom. The van der Waals surface area contributed by atoms with E-state index >= 15 is 0 Å². The van der Waals surface area contributed by atoms with Crippen LogP contribution in [0.3, 0.4) is 0 Å². The maximum absolute atomic E-state index is 12.9. The second-order valence-electron chi connectivity index (χ2n) is 7.01. The molecule has 1 saturated heterocycles. The minimum Gasteiger partial charge on any atom is -0.321 e. The highest BCUT2D eigenvalue weighted by Crippen LogP contribution is 2.30. The van der Waals surface area contributed by atoms with E-state index in [1.807, 2.05) is 12.1 Å². The number of aromatic nitrogens is 1. The summed E-state index contributed by atoms with van der Waals surface area (Å²) < 4.78 is 0. The number of nitrogens with one attached hydrogen (secondary N) is 3. The average Bonchev–Trinajstić information content (AvgIpc) is 3.22. The summed E-state index contributed by atoms with van der Waals surface area (Å²) in [6, 6.07) is 13.5. The van der Waals surface area contributed by atoms with Crippen molar-refractivity contribution in [2.75, 3.05) is 5.32 Å². The molecule has 1 fully saturated rings. The minimum atomic E-state index is -1.19. The smallest absolute Gasteiger partial charge is 0.321 e. The summed E-state index contributed by atoms with van der Waals surface area (Å²) in [4.78, 5) is 41.5. The molecule has 152 valence electrons. The van der Waals surface area contributed by atoms with Gasteiger partial charge in [0, 0.05) is 16.3 Å². The number of aryl methyl sites for hydroxylation is 1. The first-order valence-corrected chi connectivity index (χ1v) is 10.2. The van der Waals surface area contributed by atoms with E-state index in [9.17, 15) is 14.4 Å². The standard InChI is InChI=1S/C21H17ClN4O3S/c1-11-16(30-18(23-11)12-6-8-14(22)9-7-12)17(27)24-15-5-3-4-13(10-15)21(2)19(28)25-20(29)26-21/h3-10H,1-2H3,(H,24,27)(H2,25,26,28,29). The molecule has 2 heterocycles. The Labute approximate surface area is 181 Å². The van der Waals surface area contributed by atoms with Crippen molar-refractivity contribution in [3.05, 3.63) is 69.7 Å². The van der Waals surface area contributed by atoms with Crippen LogP contribution in [-0.4, -0.2) is 22.8 Å². The Kier molecular flexibility index (Phi) is 5.05. The van der Waals surface area contributed by atoms with Crippen LogP contribution in [0.2, 0.25) is 5.02 Å². The molecule has 0 radical (unpaired) electrons. The number of benzene rings is 2. The summed E-state index contributed by atoms with van der Waals surface area (Å²) in [7, 11) is 0. The largest absolute Gasteiger partial charge is 0.322 e. The van der Waals surface area contributed by atoms with Crippen LogP contribution in [0.15, 0.2) is 48.5 Å². The number of anilines is 1. The maximum atomic E-state index is 12.9. The van der Waals surface area contributed by atoms with Crippen molar-refractivity contribution in [1.29, 1.82) is 0 Å². The highest BCUT2D eigenvalue weighted by molar-refractivity contribution is 7.17. The van der Waals surface area contributed by atoms with Gasteiger partial charge in [-0.3, -0.25) is 14.9 Å². The third-order valence-electron chi connectivity index (χ3n) is 4.84. The van der Waals surface area contributed by atoms with E-state index in [1.54, 1.807) is 50.2 Å². The molecular weight excluding hydrogens is 424 g/mol. The van der Waals surface area contributed by atoms with Gasteiger partial charge in [-0.05, 0) is 43.7 Å². The van der Waals surface area contributed by atoms with Crippen LogP contribution in [0.1, 0.15) is 27.9 Å². The zero-order valence-corrected chi connectivity index (χ0v) is 17.6. The zero-order valence-electron chi connectivity index (χ0n) is 16.1. The lowest BCUT2D eigenvalue weighted by Gasteiger charge is -2.21. The Hall–Kier alpha value is -3.23. The zero-order chi connectivity index (χ0) is 21.5. The molecule has 1 aliphatic rings. The highest BCUT2D eigenvalue weighted by atomic mass is 35.5. The summed E-state index contributed by atoms with van der Waals surface area (Å²) in [5, 5.41) is 9.04. The molecule has 0 bridgehead atoms. The number of carbonyl (C=O) groups excluding carboxylic acids is 3. The minimum absolute atomic E-state index is 0.299. The number of hydrogen-bond donors (Lipinski definition) is 3. The van der Waals surface area contributed by atoms with Crippen molar-refractivity contribution in [3.8, 4) is 10.6 Å². The van der Waals surface area contributed by atoms with Gasteiger partial charge in [-0.25, -0.2) is 9.78 Å². The summed E-state index contributed by atoms with van der Waals surface area (Å²) in [5.74, 6) is -0.741. The number of hydrogen-bond acceptors (Lipinski definition) is 5. The van der Waals surface area contributed by atoms with Gasteiger partial charge in [-0.2, -0.15) is 0 Å². The summed E-state index contributed by atoms with van der Waals surface area (Å²) >= 11 is 7.22. The summed E-state index contributed by atoms with van der Waals surface area (Å²) in [6.07, 6.45) is 0. The SMILES string of the molecule is Cc1nc(-c2ccc(Cl)cc2)sc1C(=O)Nc1cccc(C2(C)NC(=O)NC2=O)c1. The van der Waals surface area contributed by atoms with E-state index in [0.29, 0.717) is 26.8 Å². The lowest BCUT2D eigenvalue weighted by atomic mass is 9.92. The second kappa shape index (κ2) is 7.55. The number of nitrogens with zero attached hydrogens (tertiary/aromatic N) is 1. The van der Waals surface area contributed by atoms with E-state index in [4.69, 9.17) is 11.6 Å². The van der Waals surface area contributed by atoms with Crippen LogP contribution in [0.4, 0.5) is 10.5 Å². The predicted octanol–water partition coefficient (Wildman–Crippen LogP) is 4.08. The van der Waals surface area contributed by atoms with Gasteiger partial charge in [0.1, 0.15) is 15.4 Å². The normalized spacial score (nSPS) is 18.1. The van der Waals surface area contributed by atoms with Crippen molar-refractivity contribution in [2.24, 2.45) is 0 Å². The molecule has 3 N–H and O–H groups in total. The van der Waals surface area contributed by atoms with Gasteiger partial charge in [-0.15, -0.1) is 11.3 Å². The molecule has 4 rings (SSSR count). The van der Waals surface area contributed by atoms with Gasteiger partial charge in [0.05, 0.1) is 5.69 Å². The Bertz CT molecular complexity index is 1180. The lowest BCUT2D eigenvalue weighted by Crippen LogP contribution is -2.40. The fourth-order valence-electron chi connectivity index (χ4n) is 3.17. The molecule has 1 aromatic heterocycles. The molecule has 0 saturated carbocycles. The molecule has 0 spiro atoms. The quantitative estimate of drug-likeness (QED) is 0.532. The van der Waals surface area contributed by atoms with Crippen molar-refractivity contribution in [3.63, 3.8) is 0 Å². The van der Waals surface area contributed by atoms with E-state index in [-0.39, 0.29) is 5.91 Å². The third kappa shape index (κ3) is 3.67. The number of amides is 4. The average molecular weight is 441 g/mol. The fourth-order valence-corrected chi connectivity index (χ4v) is 4.26. The Balaban J connectivity index is 1.57. The first kappa shape index (κ1) is 20.1. The van der Waals surface area contributed by atoms with Gasteiger partial charge in [-0.1, -0.05) is 35.9 Å². The van der Waals surface area contributed by atoms with E-state index in [1.165, 1.54) is 11.3 Å². The van der Waals surface area contributed by atoms with Crippen molar-refractivity contribution >= 4 is 46.5 Å². The number of imide groups is 1. The Morgan fingerprint density at radius 3 is 2.57 bits per heavy atom. The van der Waals surface area contributed by atoms with E-state index < -0.39 is 17.5 Å². The molecule has 1 atom stereocenters. The molecule has 1 unspecified atom stereocenters. The third-order valence-corrected chi connectivity index (χ3v) is 6.29. The topological polar surface area (TPSA) is 100 Å². The maximum Gasteiger partial charge on any atom is 0.322 e. The van der Waals surface area contributed by atoms with Crippen molar-refractivity contribution in [1.82, 2.24) is 15.6 Å². The van der Waals surface area contributed by atoms with Gasteiger partial charge in [0.25, 0.3) is 11.8 Å². The monoisotopic (exact) mass is 440 g/mol. The molecule has 9 heteroatoms.